The highest BCUT2D eigenvalue weighted by molar-refractivity contribution is 6.32. The molecular formula is C53H54Cl2N8O17. The largest absolute Gasteiger partial charge is 0.512 e. The highest BCUT2D eigenvalue weighted by Crippen LogP contribution is 2.47. The van der Waals surface area contributed by atoms with Crippen LogP contribution in [0.5, 0.6) is 34.5 Å². The number of carboxylic acids is 1. The number of likely N-dealkylation sites (N-methyl/N-ethyl adjacent to an activating group) is 1. The van der Waals surface area contributed by atoms with Gasteiger partial charge >= 0.3 is 5.97 Å². The molecule has 27 heteroatoms. The molecule has 16 N–H and O–H groups in total. The van der Waals surface area contributed by atoms with Gasteiger partial charge in [-0.3, -0.25) is 33.6 Å². The summed E-state index contributed by atoms with van der Waals surface area (Å²) in [6, 6.07) is -0.896. The number of hydrogen-bond donors (Lipinski definition) is 15. The van der Waals surface area contributed by atoms with Gasteiger partial charge in [0.2, 0.25) is 47.1 Å². The summed E-state index contributed by atoms with van der Waals surface area (Å²) < 4.78 is 12.2. The zero-order valence-electron chi connectivity index (χ0n) is 42.4. The minimum atomic E-state index is -2.17. The number of carbonyl (C=O) groups excluding carboxylic acids is 7. The standard InChI is InChI=1S/C53H54Cl2N8O17/c1-19(2)10-29(57-3)47(71)62-42-44(68)21-5-8-33(27(54)12-21)79-35-14-23-15-36(46(35)70)80-34-9-6-22(13-28(34)55)45(69)43-52(76)61-41(53(77)78)26-16-24(64)17-32(66)38(26)25-11-20(4-7-31(25)65)39(49(73)63-43)60-50(74)40(23)59-48(72)30(18-37(56)67)58-51(42)75/h4-9,11-16,19,24,29-30,39-45,57,64-66,68-70H,10,17-18H2,1-3H3,(H2,56,67)(H,58,75)(H,59,72)(H,60,74)(H,61,76)(H,62,71)(H,63,73)(H,77,78)/t24?,29-,30+,39-,40-,41+,42-,43+,44-,45-/m1/s1. The van der Waals surface area contributed by atoms with Crippen LogP contribution in [0.25, 0.3) is 5.57 Å². The van der Waals surface area contributed by atoms with Gasteiger partial charge in [0.1, 0.15) is 65.4 Å². The number of benzene rings is 4. The van der Waals surface area contributed by atoms with Crippen LogP contribution >= 0.6 is 23.2 Å². The van der Waals surface area contributed by atoms with Crippen molar-refractivity contribution in [2.24, 2.45) is 11.7 Å². The lowest BCUT2D eigenvalue weighted by atomic mass is 9.83. The van der Waals surface area contributed by atoms with Crippen LogP contribution in [0, 0.1) is 5.92 Å². The highest BCUT2D eigenvalue weighted by Gasteiger charge is 2.42. The van der Waals surface area contributed by atoms with Crippen LogP contribution in [0.4, 0.5) is 0 Å². The number of phenols is 2. The normalized spacial score (nSPS) is 24.5. The summed E-state index contributed by atoms with van der Waals surface area (Å²) >= 11 is 13.5. The number of rotatable bonds is 8. The molecule has 4 aromatic rings. The van der Waals surface area contributed by atoms with Crippen LogP contribution in [0.2, 0.25) is 10.0 Å². The van der Waals surface area contributed by atoms with E-state index in [9.17, 15) is 69.3 Å². The number of aliphatic carboxylic acids is 1. The summed E-state index contributed by atoms with van der Waals surface area (Å²) in [5.41, 5.74) is 3.54. The number of halogens is 2. The number of nitrogens with two attached hydrogens (primary N) is 1. The lowest BCUT2D eigenvalue weighted by Crippen LogP contribution is -2.59. The van der Waals surface area contributed by atoms with Crippen molar-refractivity contribution in [3.63, 3.8) is 0 Å². The van der Waals surface area contributed by atoms with Crippen molar-refractivity contribution in [1.82, 2.24) is 37.2 Å². The van der Waals surface area contributed by atoms with Gasteiger partial charge in [0.05, 0.1) is 28.6 Å². The molecule has 1 unspecified atom stereocenters. The second-order valence-corrected chi connectivity index (χ2v) is 20.5. The maximum absolute atomic E-state index is 15.4. The molecular weight excluding hydrogens is 1090 g/mol. The van der Waals surface area contributed by atoms with Crippen LogP contribution in [-0.4, -0.2) is 126 Å². The molecule has 6 aliphatic rings. The van der Waals surface area contributed by atoms with Gasteiger partial charge in [-0.1, -0.05) is 55.2 Å². The van der Waals surface area contributed by atoms with Crippen LogP contribution in [0.15, 0.2) is 84.1 Å². The van der Waals surface area contributed by atoms with E-state index >= 15 is 4.79 Å². The SMILES string of the molecule is CN[C@H](CC(C)C)C(=O)N[C@H]1C(=O)N[C@@H](CC(N)=O)C(=O)N[C@H]2C(=O)N[C@H]3C(=O)N[C@H](C(=O)N[C@H](C(=O)O)C4=CC(O)CC(O)=C4c4cc3ccc4O)[C@H](O)c3ccc(c(Cl)c3)Oc3cc2cc(c3O)Oc2ccc(cc2Cl)[C@H]1O. The molecule has 0 fully saturated rings. The molecule has 11 bridgehead atoms. The van der Waals surface area contributed by atoms with Gasteiger partial charge in [0, 0.05) is 17.6 Å². The maximum atomic E-state index is 15.4. The Bertz CT molecular complexity index is 3300. The van der Waals surface area contributed by atoms with Crippen molar-refractivity contribution in [2.75, 3.05) is 7.05 Å². The first kappa shape index (κ1) is 57.7. The van der Waals surface area contributed by atoms with E-state index in [2.05, 4.69) is 37.2 Å². The van der Waals surface area contributed by atoms with Crippen molar-refractivity contribution in [3.05, 3.63) is 122 Å². The van der Waals surface area contributed by atoms with Crippen LogP contribution in [0.3, 0.4) is 0 Å². The topological polar surface area (TPSA) is 407 Å². The van der Waals surface area contributed by atoms with Crippen molar-refractivity contribution in [2.45, 2.75) is 93.7 Å². The van der Waals surface area contributed by atoms with Gasteiger partial charge < -0.3 is 88.2 Å². The van der Waals surface area contributed by atoms with E-state index in [1.54, 1.807) is 0 Å². The van der Waals surface area contributed by atoms with Crippen molar-refractivity contribution in [1.29, 1.82) is 0 Å². The zero-order chi connectivity index (χ0) is 58.2. The molecule has 0 radical (unpaired) electrons. The van der Waals surface area contributed by atoms with E-state index in [1.807, 2.05) is 13.8 Å². The smallest absolute Gasteiger partial charge is 0.330 e. The Hall–Kier alpha value is -8.46. The first-order chi connectivity index (χ1) is 37.8. The van der Waals surface area contributed by atoms with E-state index < -0.39 is 161 Å². The van der Waals surface area contributed by atoms with Gasteiger partial charge in [-0.05, 0) is 102 Å². The fourth-order valence-electron chi connectivity index (χ4n) is 9.55. The second kappa shape index (κ2) is 23.5. The van der Waals surface area contributed by atoms with Crippen LogP contribution in [0.1, 0.15) is 85.2 Å². The molecule has 5 aliphatic heterocycles. The fraction of sp³-hybridized carbons (Fsp3) is 0.321. The quantitative estimate of drug-likeness (QED) is 0.119. The number of hydrogen-bond acceptors (Lipinski definition) is 17. The van der Waals surface area contributed by atoms with Crippen molar-refractivity contribution < 1.29 is 83.6 Å². The summed E-state index contributed by atoms with van der Waals surface area (Å²) in [6.45, 7) is 3.68. The Kier molecular flexibility index (Phi) is 16.9. The monoisotopic (exact) mass is 1140 g/mol. The predicted octanol–water partition coefficient (Wildman–Crippen LogP) is 1.60. The lowest BCUT2D eigenvalue weighted by molar-refractivity contribution is -0.142. The number of phenolic OH excluding ortho intramolecular Hbond substituents is 2. The first-order valence-corrected chi connectivity index (χ1v) is 25.4. The van der Waals surface area contributed by atoms with Crippen LogP contribution < -0.4 is 52.4 Å². The first-order valence-electron chi connectivity index (χ1n) is 24.7. The number of amides is 7. The molecule has 0 saturated heterocycles. The number of carbonyl (C=O) groups is 8. The molecule has 80 heavy (non-hydrogen) atoms. The molecule has 7 amide bonds. The van der Waals surface area contributed by atoms with Gasteiger partial charge in [-0.25, -0.2) is 4.79 Å². The summed E-state index contributed by atoms with van der Waals surface area (Å²) in [6.07, 6.45) is -5.78. The molecule has 4 aromatic carbocycles. The molecule has 25 nitrogen and oxygen atoms in total. The molecule has 0 aromatic heterocycles. The molecule has 10 rings (SSSR count). The third-order valence-corrected chi connectivity index (χ3v) is 14.1. The van der Waals surface area contributed by atoms with Crippen molar-refractivity contribution >= 4 is 76.1 Å². The molecule has 1 aliphatic carbocycles. The maximum Gasteiger partial charge on any atom is 0.330 e. The van der Waals surface area contributed by atoms with Crippen LogP contribution in [-0.2, 0) is 38.4 Å². The second-order valence-electron chi connectivity index (χ2n) is 19.7. The van der Waals surface area contributed by atoms with E-state index in [4.69, 9.17) is 38.4 Å². The van der Waals surface area contributed by atoms with E-state index in [1.165, 1.54) is 37.4 Å². The van der Waals surface area contributed by atoms with E-state index in [0.29, 0.717) is 0 Å². The molecule has 0 spiro atoms. The molecule has 422 valence electrons. The lowest BCUT2D eigenvalue weighted by Gasteiger charge is -2.32. The molecule has 5 heterocycles. The average Bonchev–Trinajstić information content (AvgIpc) is 3.39. The van der Waals surface area contributed by atoms with E-state index in [-0.39, 0.29) is 61.7 Å². The molecule has 0 saturated carbocycles. The van der Waals surface area contributed by atoms with Gasteiger partial charge in [-0.15, -0.1) is 0 Å². The summed E-state index contributed by atoms with van der Waals surface area (Å²) in [4.78, 5) is 114. The summed E-state index contributed by atoms with van der Waals surface area (Å²) in [5, 5.41) is 96.5. The van der Waals surface area contributed by atoms with E-state index in [0.717, 1.165) is 42.5 Å². The number of aliphatic hydroxyl groups is 4. The Morgan fingerprint density at radius 2 is 1.27 bits per heavy atom. The van der Waals surface area contributed by atoms with Crippen molar-refractivity contribution in [3.8, 4) is 34.5 Å². The number of carboxylic acid groups (broad SMARTS) is 1. The number of aromatic hydroxyl groups is 2. The number of ether oxygens (including phenoxy) is 2. The Morgan fingerprint density at radius 1 is 0.700 bits per heavy atom. The Labute approximate surface area is 464 Å². The highest BCUT2D eigenvalue weighted by atomic mass is 35.5. The zero-order valence-corrected chi connectivity index (χ0v) is 44.0. The number of nitrogens with one attached hydrogen (secondary N) is 7. The summed E-state index contributed by atoms with van der Waals surface area (Å²) in [5.74, 6) is -14.0. The third-order valence-electron chi connectivity index (χ3n) is 13.5. The summed E-state index contributed by atoms with van der Waals surface area (Å²) in [7, 11) is 1.50. The minimum absolute atomic E-state index is 0.0332. The van der Waals surface area contributed by atoms with Gasteiger partial charge in [0.15, 0.2) is 17.5 Å². The predicted molar refractivity (Wildman–Crippen MR) is 281 cm³/mol. The Balaban J connectivity index is 1.35. The molecule has 10 atom stereocenters. The average molecular weight is 1150 g/mol. The fourth-order valence-corrected chi connectivity index (χ4v) is 10.0. The number of fused-ring (bicyclic) bond motifs is 15. The minimum Gasteiger partial charge on any atom is -0.512 e. The van der Waals surface area contributed by atoms with Gasteiger partial charge in [-0.2, -0.15) is 0 Å². The third kappa shape index (κ3) is 12.1. The van der Waals surface area contributed by atoms with Gasteiger partial charge in [0.25, 0.3) is 0 Å². The Morgan fingerprint density at radius 3 is 1.85 bits per heavy atom. The number of aliphatic hydroxyl groups excluding tert-OH is 4. The number of primary amides is 1.